The van der Waals surface area contributed by atoms with Crippen LogP contribution in [0.2, 0.25) is 0 Å². The van der Waals surface area contributed by atoms with Crippen molar-refractivity contribution in [3.8, 4) is 0 Å². The number of carbonyl (C=O) groups excluding carboxylic acids is 2. The molecule has 10 unspecified atom stereocenters. The summed E-state index contributed by atoms with van der Waals surface area (Å²) in [4.78, 5) is 39.3. The summed E-state index contributed by atoms with van der Waals surface area (Å²) >= 11 is 0. The Morgan fingerprint density at radius 3 is 1.44 bits per heavy atom. The number of ether oxygens (including phenoxy) is 10. The Balaban J connectivity index is 1.22. The van der Waals surface area contributed by atoms with Crippen molar-refractivity contribution >= 4 is 17.8 Å². The maximum atomic E-state index is 13.5. The number of carboxylic acid groups (broad SMARTS) is 1. The second-order valence-corrected chi connectivity index (χ2v) is 30.0. The lowest BCUT2D eigenvalue weighted by Crippen LogP contribution is -2.70. The third kappa shape index (κ3) is 30.4. The second kappa shape index (κ2) is 51.8. The molecule has 5 aliphatic rings. The molecule has 0 aromatic heterocycles. The quantitative estimate of drug-likeness (QED) is 0.0289. The first-order valence-electron chi connectivity index (χ1n) is 40.1. The number of nitrogens with one attached hydrogen (secondary N) is 2. The predicted molar refractivity (Wildman–Crippen MR) is 385 cm³/mol. The van der Waals surface area contributed by atoms with Gasteiger partial charge in [-0.3, -0.25) is 9.59 Å². The van der Waals surface area contributed by atoms with Crippen LogP contribution in [0.1, 0.15) is 233 Å². The lowest BCUT2D eigenvalue weighted by atomic mass is 9.90. The van der Waals surface area contributed by atoms with E-state index in [1.807, 2.05) is 6.08 Å². The molecule has 5 fully saturated rings. The minimum Gasteiger partial charge on any atom is -0.477 e. The van der Waals surface area contributed by atoms with Crippen molar-refractivity contribution in [2.45, 2.75) is 404 Å². The SMILES string of the molecule is CCCCCCCCCCCCC/C=C/[C@@H](O)[C@H](CO[C@@H]1OC(CO)[C@@H](O[C@@H]2OC(CO)[C@H](O)[C@H](O[C@@H]3OC(CO)[C@@H](O)[C@H](O[C@@H]4OC(CO[C@]5(C(=O)O)CC(O)[C@@H](O)C([C@H](O)[C@H](O)CO)O5)[C@H](O)[C@H](O)C4O)C3NC(C)=O)C2O)[C@H](O)C1O)NC(=O)CCCCCCCCCCCCCCCCCCCCC. The first kappa shape index (κ1) is 95.7. The molecule has 0 spiro atoms. The molecule has 33 nitrogen and oxygen atoms in total. The summed E-state index contributed by atoms with van der Waals surface area (Å²) in [5, 5.41) is 202. The molecule has 0 radical (unpaired) electrons. The number of aliphatic hydroxyl groups is 17. The van der Waals surface area contributed by atoms with E-state index in [1.165, 1.54) is 135 Å². The van der Waals surface area contributed by atoms with E-state index in [0.29, 0.717) is 12.8 Å². The van der Waals surface area contributed by atoms with Gasteiger partial charge in [0.05, 0.1) is 57.9 Å². The fourth-order valence-corrected chi connectivity index (χ4v) is 14.5. The van der Waals surface area contributed by atoms with Crippen LogP contribution in [0.4, 0.5) is 0 Å². The summed E-state index contributed by atoms with van der Waals surface area (Å²) < 4.78 is 58.3. The van der Waals surface area contributed by atoms with Crippen LogP contribution in [0.5, 0.6) is 0 Å². The number of rotatable bonds is 55. The number of hydrogen-bond acceptors (Lipinski definition) is 30. The number of amides is 2. The standard InChI is InChI=1S/C75H136N2O31/c1-4-6-8-10-12-14-16-18-19-20-21-22-23-25-27-29-31-33-35-37-54(86)77-46(47(83)36-34-32-30-28-26-24-17-15-13-11-9-7-5-2)43-99-71-64(95)62(93)66(52(42-81)103-71)105-73-65(96)68(60(91)51(41-80)102-73)107-70-55(76-45(3)82)67(59(90)50(40-79)101-70)106-72-63(94)61(92)58(89)53(104-72)44-100-75(74(97)98)38-48(84)56(87)69(108-75)57(88)49(85)39-78/h34,36,46-53,55-73,78-81,83-85,87-96H,4-33,35,37-44H2,1-3H3,(H,76,82)(H,77,86)(H,97,98)/b36-34+/t46-,47+,48?,49+,50?,51?,52?,53?,55?,56+,57+,58-,59+,60-,61-,62+,63?,64?,65?,66+,67+,68-,69?,70-,71+,72-,73-,75+/m0/s1. The van der Waals surface area contributed by atoms with E-state index < -0.39 is 229 Å². The molecule has 0 saturated carbocycles. The molecule has 0 bridgehead atoms. The van der Waals surface area contributed by atoms with Crippen molar-refractivity contribution < 1.29 is 154 Å². The van der Waals surface area contributed by atoms with Crippen molar-refractivity contribution in [1.82, 2.24) is 10.6 Å². The highest BCUT2D eigenvalue weighted by Crippen LogP contribution is 2.38. The molecule has 632 valence electrons. The average Bonchev–Trinajstić information content (AvgIpc) is 0.773. The van der Waals surface area contributed by atoms with Gasteiger partial charge in [-0.1, -0.05) is 206 Å². The van der Waals surface area contributed by atoms with Gasteiger partial charge >= 0.3 is 5.97 Å². The van der Waals surface area contributed by atoms with Crippen LogP contribution in [0.15, 0.2) is 12.2 Å². The van der Waals surface area contributed by atoms with Crippen molar-refractivity contribution in [2.24, 2.45) is 0 Å². The van der Waals surface area contributed by atoms with E-state index in [9.17, 15) is 106 Å². The summed E-state index contributed by atoms with van der Waals surface area (Å²) in [5.74, 6) is -6.22. The monoisotopic (exact) mass is 1560 g/mol. The largest absolute Gasteiger partial charge is 0.477 e. The van der Waals surface area contributed by atoms with E-state index in [4.69, 9.17) is 47.4 Å². The molecule has 5 saturated heterocycles. The minimum atomic E-state index is -3.00. The van der Waals surface area contributed by atoms with Crippen molar-refractivity contribution in [1.29, 1.82) is 0 Å². The van der Waals surface area contributed by atoms with Crippen LogP contribution in [0, 0.1) is 0 Å². The summed E-state index contributed by atoms with van der Waals surface area (Å²) in [6.45, 7) is -0.262. The highest BCUT2D eigenvalue weighted by atomic mass is 16.8. The average molecular weight is 1560 g/mol. The van der Waals surface area contributed by atoms with Gasteiger partial charge in [-0.2, -0.15) is 0 Å². The number of unbranched alkanes of at least 4 members (excludes halogenated alkanes) is 29. The van der Waals surface area contributed by atoms with Gasteiger partial charge < -0.3 is 150 Å². The molecule has 5 rings (SSSR count). The minimum absolute atomic E-state index is 0.174. The summed E-state index contributed by atoms with van der Waals surface area (Å²) in [7, 11) is 0. The molecule has 33 heteroatoms. The molecule has 5 heterocycles. The van der Waals surface area contributed by atoms with Crippen molar-refractivity contribution in [2.75, 3.05) is 39.6 Å². The zero-order valence-corrected chi connectivity index (χ0v) is 63.7. The second-order valence-electron chi connectivity index (χ2n) is 30.0. The molecule has 0 aliphatic carbocycles. The lowest BCUT2D eigenvalue weighted by molar-refractivity contribution is -0.382. The molecule has 28 atom stereocenters. The topological polar surface area (TPSA) is 532 Å². The van der Waals surface area contributed by atoms with Crippen LogP contribution in [0.25, 0.3) is 0 Å². The molecule has 0 aromatic carbocycles. The fraction of sp³-hybridized carbons (Fsp3) is 0.933. The number of carbonyl (C=O) groups is 3. The third-order valence-electron chi connectivity index (χ3n) is 21.2. The van der Waals surface area contributed by atoms with Gasteiger partial charge in [-0.25, -0.2) is 4.79 Å². The first-order chi connectivity index (χ1) is 51.8. The highest BCUT2D eigenvalue weighted by molar-refractivity contribution is 5.76. The molecule has 5 aliphatic heterocycles. The Kier molecular flexibility index (Phi) is 45.9. The molecule has 20 N–H and O–H groups in total. The molecule has 0 aromatic rings. The smallest absolute Gasteiger partial charge is 0.364 e. The Labute approximate surface area is 635 Å². The first-order valence-corrected chi connectivity index (χ1v) is 40.1. The normalized spacial score (nSPS) is 34.5. The Morgan fingerprint density at radius 1 is 0.491 bits per heavy atom. The molecule has 108 heavy (non-hydrogen) atoms. The summed E-state index contributed by atoms with van der Waals surface area (Å²) in [6, 6.07) is -2.93. The van der Waals surface area contributed by atoms with Crippen LogP contribution in [-0.2, 0) is 61.8 Å². The summed E-state index contributed by atoms with van der Waals surface area (Å²) in [6.07, 6.45) is -10.7. The Bertz CT molecular complexity index is 2450. The van der Waals surface area contributed by atoms with Crippen LogP contribution in [0.3, 0.4) is 0 Å². The van der Waals surface area contributed by atoms with Gasteiger partial charge in [-0.05, 0) is 19.3 Å². The molecular weight excluding hydrogens is 1420 g/mol. The zero-order valence-electron chi connectivity index (χ0n) is 63.7. The molecular formula is C75H136N2O31. The van der Waals surface area contributed by atoms with Gasteiger partial charge in [0.15, 0.2) is 25.2 Å². The number of aliphatic carboxylic acids is 1. The summed E-state index contributed by atoms with van der Waals surface area (Å²) in [5.41, 5.74) is 0. The van der Waals surface area contributed by atoms with Gasteiger partial charge in [0.1, 0.15) is 122 Å². The highest BCUT2D eigenvalue weighted by Gasteiger charge is 2.59. The Morgan fingerprint density at radius 2 is 0.935 bits per heavy atom. The number of carboxylic acids is 1. The maximum absolute atomic E-state index is 13.5. The van der Waals surface area contributed by atoms with Crippen molar-refractivity contribution in [3.63, 3.8) is 0 Å². The maximum Gasteiger partial charge on any atom is 0.364 e. The van der Waals surface area contributed by atoms with E-state index in [1.54, 1.807) is 6.08 Å². The van der Waals surface area contributed by atoms with Gasteiger partial charge in [0.25, 0.3) is 5.79 Å². The number of hydrogen-bond donors (Lipinski definition) is 20. The van der Waals surface area contributed by atoms with Crippen LogP contribution < -0.4 is 10.6 Å². The van der Waals surface area contributed by atoms with Crippen LogP contribution in [-0.4, -0.2) is 321 Å². The third-order valence-corrected chi connectivity index (χ3v) is 21.2. The van der Waals surface area contributed by atoms with Gasteiger partial charge in [-0.15, -0.1) is 0 Å². The van der Waals surface area contributed by atoms with Crippen LogP contribution >= 0.6 is 0 Å². The number of allylic oxidation sites excluding steroid dienone is 1. The molecule has 2 amide bonds. The lowest BCUT2D eigenvalue weighted by Gasteiger charge is -2.50. The van der Waals surface area contributed by atoms with Gasteiger partial charge in [0, 0.05) is 19.8 Å². The van der Waals surface area contributed by atoms with E-state index in [0.717, 1.165) is 58.3 Å². The number of aliphatic hydroxyl groups excluding tert-OH is 17. The van der Waals surface area contributed by atoms with E-state index in [-0.39, 0.29) is 12.3 Å². The van der Waals surface area contributed by atoms with Crippen molar-refractivity contribution in [3.05, 3.63) is 12.2 Å². The zero-order chi connectivity index (χ0) is 79.3. The Hall–Kier alpha value is -2.93. The van der Waals surface area contributed by atoms with E-state index >= 15 is 0 Å². The van der Waals surface area contributed by atoms with E-state index in [2.05, 4.69) is 24.5 Å². The fourth-order valence-electron chi connectivity index (χ4n) is 14.5. The predicted octanol–water partition coefficient (Wildman–Crippen LogP) is 0.374. The van der Waals surface area contributed by atoms with Gasteiger partial charge in [0.2, 0.25) is 11.8 Å².